The Balaban J connectivity index is 2.09. The van der Waals surface area contributed by atoms with Crippen molar-refractivity contribution in [2.24, 2.45) is 0 Å². The van der Waals surface area contributed by atoms with Crippen LogP contribution in [0.15, 0.2) is 42.6 Å². The molecule has 126 valence electrons. The van der Waals surface area contributed by atoms with Gasteiger partial charge in [0.05, 0.1) is 12.7 Å². The van der Waals surface area contributed by atoms with Gasteiger partial charge < -0.3 is 15.4 Å². The van der Waals surface area contributed by atoms with Crippen molar-refractivity contribution in [3.63, 3.8) is 0 Å². The number of methoxy groups -OCH3 is 1. The van der Waals surface area contributed by atoms with E-state index in [0.717, 1.165) is 12.1 Å². The standard InChI is InChI=1S/C18H21N3O3/c1-4-12(2)20-17(22)14-9-10-19-16(11-14)21-15-7-5-13(6-8-15)18(23)24-3/h5-12H,4H2,1-3H3,(H,19,21)(H,20,22). The lowest BCUT2D eigenvalue weighted by molar-refractivity contribution is 0.0600. The molecule has 1 atom stereocenters. The third-order valence-electron chi connectivity index (χ3n) is 3.59. The third kappa shape index (κ3) is 4.55. The number of pyridine rings is 1. The molecule has 1 heterocycles. The van der Waals surface area contributed by atoms with Crippen molar-refractivity contribution < 1.29 is 14.3 Å². The number of benzene rings is 1. The van der Waals surface area contributed by atoms with Gasteiger partial charge in [-0.25, -0.2) is 9.78 Å². The minimum atomic E-state index is -0.386. The zero-order chi connectivity index (χ0) is 17.5. The molecule has 0 radical (unpaired) electrons. The largest absolute Gasteiger partial charge is 0.465 e. The first kappa shape index (κ1) is 17.5. The van der Waals surface area contributed by atoms with Gasteiger partial charge in [-0.3, -0.25) is 4.79 Å². The van der Waals surface area contributed by atoms with Gasteiger partial charge >= 0.3 is 5.97 Å². The molecule has 1 aromatic carbocycles. The first-order valence-corrected chi connectivity index (χ1v) is 7.75. The summed E-state index contributed by atoms with van der Waals surface area (Å²) in [6.45, 7) is 3.98. The SMILES string of the molecule is CCC(C)NC(=O)c1ccnc(Nc2ccc(C(=O)OC)cc2)c1. The van der Waals surface area contributed by atoms with Crippen LogP contribution in [0.1, 0.15) is 41.0 Å². The second-order valence-electron chi connectivity index (χ2n) is 5.41. The number of hydrogen-bond acceptors (Lipinski definition) is 5. The predicted molar refractivity (Wildman–Crippen MR) is 92.5 cm³/mol. The molecule has 0 spiro atoms. The van der Waals surface area contributed by atoms with Gasteiger partial charge in [0.2, 0.25) is 0 Å². The molecular formula is C18H21N3O3. The van der Waals surface area contributed by atoms with Crippen LogP contribution >= 0.6 is 0 Å². The molecule has 0 aliphatic rings. The summed E-state index contributed by atoms with van der Waals surface area (Å²) in [5.41, 5.74) is 1.77. The van der Waals surface area contributed by atoms with E-state index in [9.17, 15) is 9.59 Å². The Morgan fingerprint density at radius 3 is 2.50 bits per heavy atom. The molecule has 0 aliphatic heterocycles. The molecule has 2 N–H and O–H groups in total. The maximum Gasteiger partial charge on any atom is 0.337 e. The molecule has 1 amide bonds. The monoisotopic (exact) mass is 327 g/mol. The topological polar surface area (TPSA) is 80.3 Å². The van der Waals surface area contributed by atoms with E-state index in [1.807, 2.05) is 13.8 Å². The lowest BCUT2D eigenvalue weighted by atomic mass is 10.2. The normalized spacial score (nSPS) is 11.5. The van der Waals surface area contributed by atoms with Crippen LogP contribution in [0.5, 0.6) is 0 Å². The average Bonchev–Trinajstić information content (AvgIpc) is 2.61. The zero-order valence-electron chi connectivity index (χ0n) is 14.0. The third-order valence-corrected chi connectivity index (χ3v) is 3.59. The minimum absolute atomic E-state index is 0.118. The quantitative estimate of drug-likeness (QED) is 0.797. The van der Waals surface area contributed by atoms with Gasteiger partial charge in [0.1, 0.15) is 5.82 Å². The molecule has 2 rings (SSSR count). The summed E-state index contributed by atoms with van der Waals surface area (Å²) in [5.74, 6) is 0.0387. The maximum absolute atomic E-state index is 12.2. The first-order valence-electron chi connectivity index (χ1n) is 7.75. The molecule has 0 fully saturated rings. The number of hydrogen-bond donors (Lipinski definition) is 2. The Morgan fingerprint density at radius 1 is 1.17 bits per heavy atom. The Morgan fingerprint density at radius 2 is 1.88 bits per heavy atom. The fraction of sp³-hybridized carbons (Fsp3) is 0.278. The van der Waals surface area contributed by atoms with Crippen molar-refractivity contribution >= 4 is 23.4 Å². The van der Waals surface area contributed by atoms with E-state index in [-0.39, 0.29) is 17.9 Å². The minimum Gasteiger partial charge on any atom is -0.465 e. The second kappa shape index (κ2) is 8.10. The van der Waals surface area contributed by atoms with E-state index in [1.165, 1.54) is 7.11 Å². The van der Waals surface area contributed by atoms with Crippen molar-refractivity contribution in [2.45, 2.75) is 26.3 Å². The van der Waals surface area contributed by atoms with E-state index in [2.05, 4.69) is 20.4 Å². The highest BCUT2D eigenvalue weighted by molar-refractivity contribution is 5.95. The summed E-state index contributed by atoms with van der Waals surface area (Å²) in [4.78, 5) is 27.8. The summed E-state index contributed by atoms with van der Waals surface area (Å²) in [7, 11) is 1.34. The van der Waals surface area contributed by atoms with Gasteiger partial charge in [-0.2, -0.15) is 0 Å². The van der Waals surface area contributed by atoms with Crippen LogP contribution in [0.4, 0.5) is 11.5 Å². The van der Waals surface area contributed by atoms with Crippen molar-refractivity contribution in [3.8, 4) is 0 Å². The number of carbonyl (C=O) groups is 2. The fourth-order valence-corrected chi connectivity index (χ4v) is 2.00. The van der Waals surface area contributed by atoms with Gasteiger partial charge in [-0.15, -0.1) is 0 Å². The van der Waals surface area contributed by atoms with Crippen LogP contribution in [0.2, 0.25) is 0 Å². The van der Waals surface area contributed by atoms with Crippen LogP contribution in [0.3, 0.4) is 0 Å². The summed E-state index contributed by atoms with van der Waals surface area (Å²) in [5, 5.41) is 6.02. The number of rotatable bonds is 6. The molecule has 0 aliphatic carbocycles. The molecule has 0 saturated heterocycles. The van der Waals surface area contributed by atoms with Gasteiger partial charge in [0.25, 0.3) is 5.91 Å². The van der Waals surface area contributed by atoms with E-state index < -0.39 is 0 Å². The Kier molecular flexibility index (Phi) is 5.89. The molecular weight excluding hydrogens is 306 g/mol. The highest BCUT2D eigenvalue weighted by Crippen LogP contribution is 2.16. The lowest BCUT2D eigenvalue weighted by Gasteiger charge is -2.12. The molecule has 0 bridgehead atoms. The Bertz CT molecular complexity index is 714. The van der Waals surface area contributed by atoms with Crippen LogP contribution < -0.4 is 10.6 Å². The van der Waals surface area contributed by atoms with E-state index in [0.29, 0.717) is 16.9 Å². The molecule has 1 aromatic heterocycles. The lowest BCUT2D eigenvalue weighted by Crippen LogP contribution is -2.31. The molecule has 6 nitrogen and oxygen atoms in total. The van der Waals surface area contributed by atoms with Crippen molar-refractivity contribution in [2.75, 3.05) is 12.4 Å². The molecule has 6 heteroatoms. The highest BCUT2D eigenvalue weighted by atomic mass is 16.5. The van der Waals surface area contributed by atoms with E-state index >= 15 is 0 Å². The second-order valence-corrected chi connectivity index (χ2v) is 5.41. The van der Waals surface area contributed by atoms with Crippen molar-refractivity contribution in [1.29, 1.82) is 0 Å². The number of aromatic nitrogens is 1. The number of esters is 1. The number of nitrogens with one attached hydrogen (secondary N) is 2. The number of nitrogens with zero attached hydrogens (tertiary/aromatic N) is 1. The smallest absolute Gasteiger partial charge is 0.337 e. The summed E-state index contributed by atoms with van der Waals surface area (Å²) in [6.07, 6.45) is 2.45. The van der Waals surface area contributed by atoms with Crippen LogP contribution in [0, 0.1) is 0 Å². The summed E-state index contributed by atoms with van der Waals surface area (Å²) >= 11 is 0. The molecule has 1 unspecified atom stereocenters. The number of ether oxygens (including phenoxy) is 1. The van der Waals surface area contributed by atoms with E-state index in [4.69, 9.17) is 0 Å². The number of amides is 1. The number of anilines is 2. The van der Waals surface area contributed by atoms with Gasteiger partial charge in [-0.1, -0.05) is 6.92 Å². The average molecular weight is 327 g/mol. The molecule has 2 aromatic rings. The summed E-state index contributed by atoms with van der Waals surface area (Å²) < 4.78 is 4.66. The first-order chi connectivity index (χ1) is 11.5. The Labute approximate surface area is 141 Å². The van der Waals surface area contributed by atoms with Crippen LogP contribution in [-0.2, 0) is 4.74 Å². The van der Waals surface area contributed by atoms with Gasteiger partial charge in [0, 0.05) is 23.5 Å². The van der Waals surface area contributed by atoms with Gasteiger partial charge in [-0.05, 0) is 49.7 Å². The zero-order valence-corrected chi connectivity index (χ0v) is 14.0. The summed E-state index contributed by atoms with van der Waals surface area (Å²) in [6, 6.07) is 10.3. The van der Waals surface area contributed by atoms with E-state index in [1.54, 1.807) is 42.6 Å². The van der Waals surface area contributed by atoms with Crippen LogP contribution in [0.25, 0.3) is 0 Å². The number of carbonyl (C=O) groups excluding carboxylic acids is 2. The van der Waals surface area contributed by atoms with Crippen molar-refractivity contribution in [3.05, 3.63) is 53.7 Å². The predicted octanol–water partition coefficient (Wildman–Crippen LogP) is 3.14. The molecule has 0 saturated carbocycles. The van der Waals surface area contributed by atoms with Crippen LogP contribution in [-0.4, -0.2) is 30.0 Å². The van der Waals surface area contributed by atoms with Gasteiger partial charge in [0.15, 0.2) is 0 Å². The Hall–Kier alpha value is -2.89. The highest BCUT2D eigenvalue weighted by Gasteiger charge is 2.10. The maximum atomic E-state index is 12.2. The molecule has 24 heavy (non-hydrogen) atoms. The fourth-order valence-electron chi connectivity index (χ4n) is 2.00. The van der Waals surface area contributed by atoms with Crippen molar-refractivity contribution in [1.82, 2.24) is 10.3 Å².